The Morgan fingerprint density at radius 1 is 1.72 bits per heavy atom. The Balaban J connectivity index is 1.76. The molecule has 1 aromatic rings. The van der Waals surface area contributed by atoms with Crippen molar-refractivity contribution in [3.8, 4) is 0 Å². The molecule has 0 spiro atoms. The molecule has 18 heavy (non-hydrogen) atoms. The van der Waals surface area contributed by atoms with Crippen LogP contribution in [-0.2, 0) is 6.54 Å². The summed E-state index contributed by atoms with van der Waals surface area (Å²) in [5.41, 5.74) is -0.0390. The second-order valence-corrected chi connectivity index (χ2v) is 4.54. The molecule has 1 aliphatic rings. The van der Waals surface area contributed by atoms with Gasteiger partial charge >= 0.3 is 5.97 Å². The molecule has 100 valence electrons. The van der Waals surface area contributed by atoms with Crippen molar-refractivity contribution in [3.63, 3.8) is 0 Å². The molecule has 1 fully saturated rings. The van der Waals surface area contributed by atoms with Crippen LogP contribution in [0.2, 0.25) is 0 Å². The predicted octanol–water partition coefficient (Wildman–Crippen LogP) is 0.947. The van der Waals surface area contributed by atoms with Gasteiger partial charge in [-0.25, -0.2) is 4.79 Å². The zero-order valence-electron chi connectivity index (χ0n) is 10.6. The fraction of sp³-hybridized carbons (Fsp3) is 0.667. The molecule has 6 heteroatoms. The lowest BCUT2D eigenvalue weighted by Gasteiger charge is -2.22. The van der Waals surface area contributed by atoms with E-state index in [2.05, 4.69) is 22.3 Å². The number of nitrogens with zero attached hydrogens (tertiary/aromatic N) is 2. The molecule has 2 heterocycles. The number of carbonyl (C=O) groups is 1. The first kappa shape index (κ1) is 13.0. The lowest BCUT2D eigenvalue weighted by Crippen LogP contribution is -2.37. The molecule has 0 radical (unpaired) electrons. The van der Waals surface area contributed by atoms with Crippen molar-refractivity contribution in [1.29, 1.82) is 0 Å². The Morgan fingerprint density at radius 3 is 3.22 bits per heavy atom. The number of likely N-dealkylation sites (N-methyl/N-ethyl adjacent to an activating group) is 1. The van der Waals surface area contributed by atoms with Crippen LogP contribution in [0.3, 0.4) is 0 Å². The van der Waals surface area contributed by atoms with Crippen molar-refractivity contribution in [2.75, 3.05) is 19.6 Å². The minimum absolute atomic E-state index is 0.0390. The zero-order chi connectivity index (χ0) is 13.0. The molecule has 1 atom stereocenters. The number of carboxylic acids is 1. The summed E-state index contributed by atoms with van der Waals surface area (Å²) in [6.07, 6.45) is 2.48. The third-order valence-electron chi connectivity index (χ3n) is 3.36. The maximum atomic E-state index is 10.6. The molecular formula is C12H19N3O3. The fourth-order valence-electron chi connectivity index (χ4n) is 2.40. The number of nitrogens with one attached hydrogen (secondary N) is 1. The molecule has 1 aromatic heterocycles. The van der Waals surface area contributed by atoms with E-state index in [4.69, 9.17) is 9.63 Å². The van der Waals surface area contributed by atoms with Crippen molar-refractivity contribution in [2.24, 2.45) is 0 Å². The van der Waals surface area contributed by atoms with Crippen molar-refractivity contribution in [1.82, 2.24) is 15.4 Å². The van der Waals surface area contributed by atoms with Crippen LogP contribution in [-0.4, -0.2) is 46.8 Å². The van der Waals surface area contributed by atoms with E-state index in [1.54, 1.807) is 0 Å². The molecule has 0 amide bonds. The van der Waals surface area contributed by atoms with Gasteiger partial charge in [-0.3, -0.25) is 4.90 Å². The highest BCUT2D eigenvalue weighted by Gasteiger charge is 2.22. The predicted molar refractivity (Wildman–Crippen MR) is 65.4 cm³/mol. The van der Waals surface area contributed by atoms with Gasteiger partial charge in [0, 0.05) is 18.7 Å². The highest BCUT2D eigenvalue weighted by molar-refractivity contribution is 5.85. The number of aromatic nitrogens is 1. The van der Waals surface area contributed by atoms with E-state index in [9.17, 15) is 4.79 Å². The lowest BCUT2D eigenvalue weighted by atomic mass is 10.2. The number of carboxylic acid groups (broad SMARTS) is 1. The molecule has 1 saturated heterocycles. The van der Waals surface area contributed by atoms with Gasteiger partial charge in [-0.15, -0.1) is 0 Å². The molecule has 2 rings (SSSR count). The van der Waals surface area contributed by atoms with Crippen LogP contribution in [0.4, 0.5) is 0 Å². The third-order valence-corrected chi connectivity index (χ3v) is 3.36. The Bertz CT molecular complexity index is 405. The SMILES string of the molecule is CCN1CCCC1CNCc1cc(C(=O)O)no1. The summed E-state index contributed by atoms with van der Waals surface area (Å²) in [6, 6.07) is 2.04. The van der Waals surface area contributed by atoms with Gasteiger partial charge in [0.1, 0.15) is 0 Å². The maximum absolute atomic E-state index is 10.6. The Labute approximate surface area is 106 Å². The average molecular weight is 253 g/mol. The molecule has 0 aliphatic carbocycles. The quantitative estimate of drug-likeness (QED) is 0.785. The van der Waals surface area contributed by atoms with E-state index in [1.807, 2.05) is 0 Å². The van der Waals surface area contributed by atoms with Gasteiger partial charge in [0.2, 0.25) is 0 Å². The number of rotatable bonds is 6. The molecule has 0 aromatic carbocycles. The van der Waals surface area contributed by atoms with E-state index in [1.165, 1.54) is 25.5 Å². The first-order chi connectivity index (χ1) is 8.70. The second-order valence-electron chi connectivity index (χ2n) is 4.54. The molecule has 2 N–H and O–H groups in total. The number of hydrogen-bond acceptors (Lipinski definition) is 5. The fourth-order valence-corrected chi connectivity index (χ4v) is 2.40. The zero-order valence-corrected chi connectivity index (χ0v) is 10.6. The van der Waals surface area contributed by atoms with E-state index >= 15 is 0 Å². The minimum Gasteiger partial charge on any atom is -0.476 e. The van der Waals surface area contributed by atoms with Crippen LogP contribution in [0.15, 0.2) is 10.6 Å². The van der Waals surface area contributed by atoms with Crippen LogP contribution in [0.1, 0.15) is 36.0 Å². The van der Waals surface area contributed by atoms with Crippen LogP contribution in [0.25, 0.3) is 0 Å². The first-order valence-corrected chi connectivity index (χ1v) is 6.34. The van der Waals surface area contributed by atoms with Crippen LogP contribution >= 0.6 is 0 Å². The monoisotopic (exact) mass is 253 g/mol. The summed E-state index contributed by atoms with van der Waals surface area (Å²) in [4.78, 5) is 13.1. The average Bonchev–Trinajstić information content (AvgIpc) is 2.97. The topological polar surface area (TPSA) is 78.6 Å². The lowest BCUT2D eigenvalue weighted by molar-refractivity contribution is 0.0685. The number of hydrogen-bond donors (Lipinski definition) is 2. The van der Waals surface area contributed by atoms with Gasteiger partial charge in [-0.1, -0.05) is 12.1 Å². The summed E-state index contributed by atoms with van der Waals surface area (Å²) in [6.45, 7) is 5.85. The van der Waals surface area contributed by atoms with E-state index < -0.39 is 5.97 Å². The van der Waals surface area contributed by atoms with E-state index in [0.29, 0.717) is 18.3 Å². The third kappa shape index (κ3) is 3.08. The summed E-state index contributed by atoms with van der Waals surface area (Å²) >= 11 is 0. The molecule has 6 nitrogen and oxygen atoms in total. The van der Waals surface area contributed by atoms with Crippen molar-refractivity contribution >= 4 is 5.97 Å². The second kappa shape index (κ2) is 5.97. The van der Waals surface area contributed by atoms with E-state index in [-0.39, 0.29) is 5.69 Å². The van der Waals surface area contributed by atoms with Gasteiger partial charge in [0.15, 0.2) is 11.5 Å². The normalized spacial score (nSPS) is 20.4. The molecule has 1 aliphatic heterocycles. The van der Waals surface area contributed by atoms with Crippen LogP contribution in [0, 0.1) is 0 Å². The largest absolute Gasteiger partial charge is 0.476 e. The Kier molecular flexibility index (Phi) is 4.33. The van der Waals surface area contributed by atoms with E-state index in [0.717, 1.165) is 13.1 Å². The summed E-state index contributed by atoms with van der Waals surface area (Å²) in [5, 5.41) is 15.5. The Morgan fingerprint density at radius 2 is 2.56 bits per heavy atom. The first-order valence-electron chi connectivity index (χ1n) is 6.34. The molecule has 1 unspecified atom stereocenters. The highest BCUT2D eigenvalue weighted by atomic mass is 16.5. The smallest absolute Gasteiger partial charge is 0.358 e. The Hall–Kier alpha value is -1.40. The van der Waals surface area contributed by atoms with Crippen LogP contribution in [0.5, 0.6) is 0 Å². The summed E-state index contributed by atoms with van der Waals surface area (Å²) in [7, 11) is 0. The van der Waals surface area contributed by atoms with Gasteiger partial charge in [-0.2, -0.15) is 0 Å². The highest BCUT2D eigenvalue weighted by Crippen LogP contribution is 2.15. The number of aromatic carboxylic acids is 1. The number of likely N-dealkylation sites (tertiary alicyclic amines) is 1. The van der Waals surface area contributed by atoms with Crippen LogP contribution < -0.4 is 5.32 Å². The standard InChI is InChI=1S/C12H19N3O3/c1-2-15-5-3-4-9(15)7-13-8-10-6-11(12(16)17)14-18-10/h6,9,13H,2-5,7-8H2,1H3,(H,16,17). The van der Waals surface area contributed by atoms with Gasteiger partial charge < -0.3 is 14.9 Å². The molecule has 0 saturated carbocycles. The van der Waals surface area contributed by atoms with Crippen molar-refractivity contribution < 1.29 is 14.4 Å². The minimum atomic E-state index is -1.06. The summed E-state index contributed by atoms with van der Waals surface area (Å²) in [5.74, 6) is -0.494. The van der Waals surface area contributed by atoms with Gasteiger partial charge in [0.05, 0.1) is 6.54 Å². The molecule has 0 bridgehead atoms. The molecular weight excluding hydrogens is 234 g/mol. The van der Waals surface area contributed by atoms with Crippen molar-refractivity contribution in [3.05, 3.63) is 17.5 Å². The van der Waals surface area contributed by atoms with Gasteiger partial charge in [-0.05, 0) is 25.9 Å². The maximum Gasteiger partial charge on any atom is 0.358 e. The summed E-state index contributed by atoms with van der Waals surface area (Å²) < 4.78 is 4.94. The van der Waals surface area contributed by atoms with Gasteiger partial charge in [0.25, 0.3) is 0 Å². The van der Waals surface area contributed by atoms with Crippen molar-refractivity contribution in [2.45, 2.75) is 32.4 Å².